The third-order valence-electron chi connectivity index (χ3n) is 6.46. The number of pyridine rings is 1. The Kier molecular flexibility index (Phi) is 4.96. The first-order valence-electron chi connectivity index (χ1n) is 10.5. The van der Waals surface area contributed by atoms with Gasteiger partial charge in [-0.1, -0.05) is 19.3 Å². The predicted octanol–water partition coefficient (Wildman–Crippen LogP) is 2.00. The van der Waals surface area contributed by atoms with Crippen LogP contribution in [0.25, 0.3) is 11.4 Å². The highest BCUT2D eigenvalue weighted by Gasteiger charge is 2.37. The van der Waals surface area contributed by atoms with Gasteiger partial charge in [-0.25, -0.2) is 9.97 Å². The fourth-order valence-electron chi connectivity index (χ4n) is 4.97. The first-order valence-corrected chi connectivity index (χ1v) is 10.5. The molecule has 148 valence electrons. The van der Waals surface area contributed by atoms with E-state index in [4.69, 9.17) is 9.97 Å². The van der Waals surface area contributed by atoms with Crippen molar-refractivity contribution in [2.24, 2.45) is 5.92 Å². The topological polar surface area (TPSA) is 78.0 Å². The zero-order valence-electron chi connectivity index (χ0n) is 16.5. The van der Waals surface area contributed by atoms with Crippen molar-refractivity contribution in [2.75, 3.05) is 18.5 Å². The third kappa shape index (κ3) is 3.38. The molecule has 2 fully saturated rings. The van der Waals surface area contributed by atoms with Crippen molar-refractivity contribution in [3.8, 4) is 11.4 Å². The van der Waals surface area contributed by atoms with Gasteiger partial charge in [0.1, 0.15) is 5.82 Å². The van der Waals surface area contributed by atoms with Gasteiger partial charge in [-0.3, -0.25) is 15.8 Å². The molecule has 2 aromatic heterocycles. The fourth-order valence-corrected chi connectivity index (χ4v) is 4.97. The summed E-state index contributed by atoms with van der Waals surface area (Å²) in [4.78, 5) is 16.3. The molecule has 1 aliphatic carbocycles. The number of hydrogen-bond acceptors (Lipinski definition) is 7. The molecule has 3 N–H and O–H groups in total. The van der Waals surface area contributed by atoms with Crippen LogP contribution in [0.2, 0.25) is 0 Å². The van der Waals surface area contributed by atoms with Gasteiger partial charge >= 0.3 is 0 Å². The van der Waals surface area contributed by atoms with Crippen LogP contribution in [0.4, 0.5) is 5.82 Å². The average Bonchev–Trinajstić information content (AvgIpc) is 3.28. The number of anilines is 1. The SMILES string of the molecule is CN(CC1NNC2CCCCCC21)c1nc(-c2cccnc2)nc2c1CNC2. The van der Waals surface area contributed by atoms with Gasteiger partial charge in [0.15, 0.2) is 5.82 Å². The first kappa shape index (κ1) is 18.0. The Morgan fingerprint density at radius 2 is 2.04 bits per heavy atom. The summed E-state index contributed by atoms with van der Waals surface area (Å²) in [6.07, 6.45) is 10.3. The molecule has 0 amide bonds. The smallest absolute Gasteiger partial charge is 0.163 e. The molecule has 0 spiro atoms. The molecule has 2 aliphatic heterocycles. The second kappa shape index (κ2) is 7.73. The minimum absolute atomic E-state index is 0.454. The van der Waals surface area contributed by atoms with Crippen molar-refractivity contribution < 1.29 is 0 Å². The Morgan fingerprint density at radius 3 is 2.93 bits per heavy atom. The number of hydrogen-bond donors (Lipinski definition) is 3. The van der Waals surface area contributed by atoms with Crippen LogP contribution in [0.5, 0.6) is 0 Å². The number of rotatable bonds is 4. The van der Waals surface area contributed by atoms with E-state index in [1.165, 1.54) is 37.7 Å². The number of likely N-dealkylation sites (N-methyl/N-ethyl adjacent to an activating group) is 1. The minimum atomic E-state index is 0.454. The molecule has 3 unspecified atom stereocenters. The molecule has 5 rings (SSSR count). The quantitative estimate of drug-likeness (QED) is 0.750. The summed E-state index contributed by atoms with van der Waals surface area (Å²) in [6.45, 7) is 2.59. The number of nitrogens with zero attached hydrogens (tertiary/aromatic N) is 4. The molecule has 3 aliphatic rings. The van der Waals surface area contributed by atoms with Crippen LogP contribution in [0, 0.1) is 5.92 Å². The summed E-state index contributed by atoms with van der Waals surface area (Å²) >= 11 is 0. The summed E-state index contributed by atoms with van der Waals surface area (Å²) in [6, 6.07) is 5.03. The van der Waals surface area contributed by atoms with Crippen molar-refractivity contribution in [3.05, 3.63) is 35.8 Å². The van der Waals surface area contributed by atoms with Crippen LogP contribution in [0.15, 0.2) is 24.5 Å². The van der Waals surface area contributed by atoms with E-state index in [1.807, 2.05) is 18.3 Å². The molecule has 1 saturated carbocycles. The summed E-state index contributed by atoms with van der Waals surface area (Å²) < 4.78 is 0. The number of nitrogens with one attached hydrogen (secondary N) is 3. The van der Waals surface area contributed by atoms with E-state index in [9.17, 15) is 0 Å². The molecule has 0 aromatic carbocycles. The van der Waals surface area contributed by atoms with Crippen LogP contribution in [0.1, 0.15) is 43.4 Å². The van der Waals surface area contributed by atoms with Crippen molar-refractivity contribution in [3.63, 3.8) is 0 Å². The lowest BCUT2D eigenvalue weighted by molar-refractivity contribution is 0.388. The Bertz CT molecular complexity index is 825. The Hall–Kier alpha value is -2.09. The van der Waals surface area contributed by atoms with E-state index < -0.39 is 0 Å². The van der Waals surface area contributed by atoms with Crippen LogP contribution in [0.3, 0.4) is 0 Å². The van der Waals surface area contributed by atoms with E-state index >= 15 is 0 Å². The summed E-state index contributed by atoms with van der Waals surface area (Å²) in [5.41, 5.74) is 10.5. The maximum Gasteiger partial charge on any atom is 0.163 e. The molecule has 7 heteroatoms. The first-order chi connectivity index (χ1) is 13.8. The summed E-state index contributed by atoms with van der Waals surface area (Å²) in [5.74, 6) is 2.52. The lowest BCUT2D eigenvalue weighted by Gasteiger charge is -2.28. The molecular weight excluding hydrogens is 350 g/mol. The van der Waals surface area contributed by atoms with Crippen LogP contribution < -0.4 is 21.1 Å². The Balaban J connectivity index is 1.41. The van der Waals surface area contributed by atoms with E-state index in [2.05, 4.69) is 33.1 Å². The van der Waals surface area contributed by atoms with Gasteiger partial charge in [-0.05, 0) is 30.9 Å². The highest BCUT2D eigenvalue weighted by Crippen LogP contribution is 2.31. The highest BCUT2D eigenvalue weighted by molar-refractivity contribution is 5.60. The minimum Gasteiger partial charge on any atom is -0.358 e. The average molecular weight is 380 g/mol. The van der Waals surface area contributed by atoms with E-state index in [0.717, 1.165) is 42.5 Å². The number of aromatic nitrogens is 3. The van der Waals surface area contributed by atoms with Gasteiger partial charge in [-0.2, -0.15) is 0 Å². The van der Waals surface area contributed by atoms with Crippen molar-refractivity contribution in [1.29, 1.82) is 0 Å². The molecule has 3 atom stereocenters. The largest absolute Gasteiger partial charge is 0.358 e. The molecular formula is C21H29N7. The summed E-state index contributed by atoms with van der Waals surface area (Å²) in [7, 11) is 2.17. The van der Waals surface area contributed by atoms with Crippen LogP contribution in [-0.4, -0.2) is 40.6 Å². The van der Waals surface area contributed by atoms with Crippen LogP contribution >= 0.6 is 0 Å². The molecule has 2 aromatic rings. The Labute approximate surface area is 166 Å². The molecule has 1 saturated heterocycles. The lowest BCUT2D eigenvalue weighted by Crippen LogP contribution is -2.42. The van der Waals surface area contributed by atoms with Crippen molar-refractivity contribution in [1.82, 2.24) is 31.1 Å². The highest BCUT2D eigenvalue weighted by atomic mass is 15.4. The van der Waals surface area contributed by atoms with Gasteiger partial charge in [0, 0.05) is 62.3 Å². The second-order valence-electron chi connectivity index (χ2n) is 8.33. The van der Waals surface area contributed by atoms with Gasteiger partial charge in [0.25, 0.3) is 0 Å². The third-order valence-corrected chi connectivity index (χ3v) is 6.46. The van der Waals surface area contributed by atoms with Gasteiger partial charge in [0.05, 0.1) is 5.69 Å². The maximum atomic E-state index is 4.97. The molecule has 0 bridgehead atoms. The standard InChI is InChI=1S/C21H29N7/c1-28(13-19-15-7-3-2-4-8-17(15)26-27-19)21-16-11-23-12-18(16)24-20(25-21)14-6-5-9-22-10-14/h5-6,9-10,15,17,19,23,26-27H,2-4,7-8,11-13H2,1H3. The van der Waals surface area contributed by atoms with E-state index in [0.29, 0.717) is 18.0 Å². The fraction of sp³-hybridized carbons (Fsp3) is 0.571. The lowest BCUT2D eigenvalue weighted by atomic mass is 9.90. The van der Waals surface area contributed by atoms with Gasteiger partial charge in [-0.15, -0.1) is 0 Å². The van der Waals surface area contributed by atoms with Crippen molar-refractivity contribution in [2.45, 2.75) is 57.3 Å². The van der Waals surface area contributed by atoms with E-state index in [-0.39, 0.29) is 0 Å². The van der Waals surface area contributed by atoms with E-state index in [1.54, 1.807) is 6.20 Å². The normalized spacial score (nSPS) is 26.5. The monoisotopic (exact) mass is 379 g/mol. The zero-order valence-corrected chi connectivity index (χ0v) is 16.5. The number of fused-ring (bicyclic) bond motifs is 2. The Morgan fingerprint density at radius 1 is 1.11 bits per heavy atom. The number of hydrazine groups is 1. The zero-order chi connectivity index (χ0) is 18.9. The maximum absolute atomic E-state index is 4.97. The van der Waals surface area contributed by atoms with Crippen LogP contribution in [-0.2, 0) is 13.1 Å². The summed E-state index contributed by atoms with van der Waals surface area (Å²) in [5, 5.41) is 3.44. The molecule has 4 heterocycles. The molecule has 0 radical (unpaired) electrons. The predicted molar refractivity (Wildman–Crippen MR) is 109 cm³/mol. The van der Waals surface area contributed by atoms with Crippen molar-refractivity contribution >= 4 is 5.82 Å². The second-order valence-corrected chi connectivity index (χ2v) is 8.33. The van der Waals surface area contributed by atoms with Gasteiger partial charge < -0.3 is 10.2 Å². The molecule has 28 heavy (non-hydrogen) atoms. The van der Waals surface area contributed by atoms with Gasteiger partial charge in [0.2, 0.25) is 0 Å². The molecule has 7 nitrogen and oxygen atoms in total.